The van der Waals surface area contributed by atoms with Crippen LogP contribution in [0.25, 0.3) is 0 Å². The summed E-state index contributed by atoms with van der Waals surface area (Å²) in [5.74, 6) is -2.95. The molecule has 1 saturated heterocycles. The summed E-state index contributed by atoms with van der Waals surface area (Å²) in [7, 11) is 0. The Morgan fingerprint density at radius 3 is 2.17 bits per heavy atom. The molecular weight excluding hydrogens is 332 g/mol. The molecule has 0 radical (unpaired) electrons. The molecule has 1 unspecified atom stereocenters. The smallest absolute Gasteiger partial charge is 0.384 e. The highest BCUT2D eigenvalue weighted by Gasteiger charge is 2.36. The van der Waals surface area contributed by atoms with Gasteiger partial charge >= 0.3 is 6.18 Å². The number of amides is 2. The normalized spacial score (nSPS) is 16.9. The number of aliphatic hydroxyl groups is 1. The number of piperazine rings is 1. The second kappa shape index (κ2) is 6.76. The molecule has 0 spiro atoms. The van der Waals surface area contributed by atoms with Crippen molar-refractivity contribution < 1.29 is 32.3 Å². The molecule has 0 bridgehead atoms. The van der Waals surface area contributed by atoms with E-state index in [1.165, 1.54) is 16.7 Å². The third-order valence-electron chi connectivity index (χ3n) is 3.77. The molecule has 9 heteroatoms. The zero-order valence-electron chi connectivity index (χ0n) is 12.8. The second-order valence-electron chi connectivity index (χ2n) is 5.46. The molecule has 1 atom stereocenters. The van der Waals surface area contributed by atoms with Crippen molar-refractivity contribution in [3.63, 3.8) is 0 Å². The number of nitrogens with zero attached hydrogens (tertiary/aromatic N) is 2. The SMILES string of the molecule is CC(O)C(=O)N1CCN(C(=O)c2cccc(C(F)(F)F)c2F)CC1. The standard InChI is InChI=1S/C15H16F4N2O3/c1-9(22)13(23)20-5-7-21(8-6-20)14(24)10-3-2-4-11(12(10)16)15(17,18)19/h2-4,9,22H,5-8H2,1H3. The Kier molecular flexibility index (Phi) is 5.12. The number of hydrogen-bond acceptors (Lipinski definition) is 3. The van der Waals surface area contributed by atoms with Crippen LogP contribution in [0, 0.1) is 5.82 Å². The minimum absolute atomic E-state index is 0.0486. The van der Waals surface area contributed by atoms with E-state index in [0.29, 0.717) is 6.07 Å². The van der Waals surface area contributed by atoms with Crippen LogP contribution in [-0.4, -0.2) is 59.0 Å². The van der Waals surface area contributed by atoms with E-state index in [-0.39, 0.29) is 26.2 Å². The van der Waals surface area contributed by atoms with Gasteiger partial charge in [-0.05, 0) is 19.1 Å². The second-order valence-corrected chi connectivity index (χ2v) is 5.46. The first-order chi connectivity index (χ1) is 11.1. The van der Waals surface area contributed by atoms with Gasteiger partial charge in [0.25, 0.3) is 11.8 Å². The maximum Gasteiger partial charge on any atom is 0.419 e. The summed E-state index contributed by atoms with van der Waals surface area (Å²) in [6, 6.07) is 2.55. The van der Waals surface area contributed by atoms with Gasteiger partial charge in [-0.25, -0.2) is 4.39 Å². The number of carbonyl (C=O) groups excluding carboxylic acids is 2. The summed E-state index contributed by atoms with van der Waals surface area (Å²) < 4.78 is 52.2. The highest BCUT2D eigenvalue weighted by atomic mass is 19.4. The van der Waals surface area contributed by atoms with Gasteiger partial charge < -0.3 is 14.9 Å². The minimum atomic E-state index is -4.89. The Morgan fingerprint density at radius 2 is 1.67 bits per heavy atom. The number of halogens is 4. The molecule has 1 heterocycles. The van der Waals surface area contributed by atoms with Crippen LogP contribution >= 0.6 is 0 Å². The van der Waals surface area contributed by atoms with E-state index in [1.807, 2.05) is 0 Å². The quantitative estimate of drug-likeness (QED) is 0.825. The highest BCUT2D eigenvalue weighted by Crippen LogP contribution is 2.32. The molecule has 132 valence electrons. The first kappa shape index (κ1) is 18.2. The van der Waals surface area contributed by atoms with Gasteiger partial charge in [0.05, 0.1) is 11.1 Å². The summed E-state index contributed by atoms with van der Waals surface area (Å²) in [4.78, 5) is 26.4. The van der Waals surface area contributed by atoms with Gasteiger partial charge in [-0.3, -0.25) is 9.59 Å². The number of carbonyl (C=O) groups is 2. The third-order valence-corrected chi connectivity index (χ3v) is 3.77. The summed E-state index contributed by atoms with van der Waals surface area (Å²) in [6.45, 7) is 1.66. The number of alkyl halides is 3. The molecule has 1 aliphatic rings. The fourth-order valence-corrected chi connectivity index (χ4v) is 2.48. The van der Waals surface area contributed by atoms with Crippen molar-refractivity contribution in [3.05, 3.63) is 35.1 Å². The Labute approximate surface area is 135 Å². The van der Waals surface area contributed by atoms with Gasteiger partial charge in [0, 0.05) is 26.2 Å². The van der Waals surface area contributed by atoms with Crippen LogP contribution in [-0.2, 0) is 11.0 Å². The van der Waals surface area contributed by atoms with E-state index in [9.17, 15) is 32.3 Å². The van der Waals surface area contributed by atoms with Gasteiger partial charge in [-0.15, -0.1) is 0 Å². The van der Waals surface area contributed by atoms with Crippen molar-refractivity contribution in [2.45, 2.75) is 19.2 Å². The monoisotopic (exact) mass is 348 g/mol. The summed E-state index contributed by atoms with van der Waals surface area (Å²) in [5, 5.41) is 9.24. The molecule has 5 nitrogen and oxygen atoms in total. The van der Waals surface area contributed by atoms with Crippen molar-refractivity contribution in [1.82, 2.24) is 9.80 Å². The van der Waals surface area contributed by atoms with Crippen molar-refractivity contribution in [2.75, 3.05) is 26.2 Å². The molecule has 1 aliphatic heterocycles. The van der Waals surface area contributed by atoms with Crippen LogP contribution in [0.3, 0.4) is 0 Å². The van der Waals surface area contributed by atoms with E-state index in [2.05, 4.69) is 0 Å². The number of hydrogen-bond donors (Lipinski definition) is 1. The Balaban J connectivity index is 2.13. The molecule has 0 aromatic heterocycles. The lowest BCUT2D eigenvalue weighted by atomic mass is 10.1. The lowest BCUT2D eigenvalue weighted by Crippen LogP contribution is -2.52. The third kappa shape index (κ3) is 3.66. The van der Waals surface area contributed by atoms with Crippen LogP contribution in [0.4, 0.5) is 17.6 Å². The fourth-order valence-electron chi connectivity index (χ4n) is 2.48. The average molecular weight is 348 g/mol. The zero-order valence-corrected chi connectivity index (χ0v) is 12.8. The van der Waals surface area contributed by atoms with Crippen LogP contribution in [0.15, 0.2) is 18.2 Å². The molecule has 1 fully saturated rings. The van der Waals surface area contributed by atoms with E-state index in [0.717, 1.165) is 12.1 Å². The molecular formula is C15H16F4N2O3. The van der Waals surface area contributed by atoms with Gasteiger partial charge in [0.2, 0.25) is 0 Å². The summed E-state index contributed by atoms with van der Waals surface area (Å²) >= 11 is 0. The van der Waals surface area contributed by atoms with E-state index < -0.39 is 41.0 Å². The Hall–Kier alpha value is -2.16. The first-order valence-corrected chi connectivity index (χ1v) is 7.24. The lowest BCUT2D eigenvalue weighted by Gasteiger charge is -2.35. The van der Waals surface area contributed by atoms with Crippen LogP contribution in [0.1, 0.15) is 22.8 Å². The Morgan fingerprint density at radius 1 is 1.12 bits per heavy atom. The van der Waals surface area contributed by atoms with Crippen molar-refractivity contribution in [3.8, 4) is 0 Å². The van der Waals surface area contributed by atoms with E-state index >= 15 is 0 Å². The molecule has 2 rings (SSSR count). The molecule has 0 saturated carbocycles. The molecule has 2 amide bonds. The van der Waals surface area contributed by atoms with Gasteiger partial charge in [-0.1, -0.05) is 6.07 Å². The topological polar surface area (TPSA) is 60.9 Å². The molecule has 1 aromatic carbocycles. The van der Waals surface area contributed by atoms with Crippen LogP contribution in [0.5, 0.6) is 0 Å². The highest BCUT2D eigenvalue weighted by molar-refractivity contribution is 5.95. The average Bonchev–Trinajstić information content (AvgIpc) is 2.52. The van der Waals surface area contributed by atoms with E-state index in [4.69, 9.17) is 0 Å². The predicted octanol–water partition coefficient (Wildman–Crippen LogP) is 1.51. The molecule has 0 aliphatic carbocycles. The minimum Gasteiger partial charge on any atom is -0.384 e. The molecule has 24 heavy (non-hydrogen) atoms. The van der Waals surface area contributed by atoms with Crippen molar-refractivity contribution in [2.24, 2.45) is 0 Å². The predicted molar refractivity (Wildman–Crippen MR) is 75.6 cm³/mol. The summed E-state index contributed by atoms with van der Waals surface area (Å²) in [5.41, 5.74) is -2.14. The van der Waals surface area contributed by atoms with Crippen LogP contribution in [0.2, 0.25) is 0 Å². The zero-order chi connectivity index (χ0) is 18.1. The fraction of sp³-hybridized carbons (Fsp3) is 0.467. The molecule has 1 N–H and O–H groups in total. The largest absolute Gasteiger partial charge is 0.419 e. The Bertz CT molecular complexity index is 638. The number of rotatable bonds is 2. The van der Waals surface area contributed by atoms with Crippen molar-refractivity contribution in [1.29, 1.82) is 0 Å². The number of aliphatic hydroxyl groups excluding tert-OH is 1. The van der Waals surface area contributed by atoms with Crippen molar-refractivity contribution >= 4 is 11.8 Å². The first-order valence-electron chi connectivity index (χ1n) is 7.24. The van der Waals surface area contributed by atoms with Gasteiger partial charge in [-0.2, -0.15) is 13.2 Å². The maximum atomic E-state index is 14.0. The summed E-state index contributed by atoms with van der Waals surface area (Å²) in [6.07, 6.45) is -6.06. The van der Waals surface area contributed by atoms with Gasteiger partial charge in [0.15, 0.2) is 0 Å². The molecule has 1 aromatic rings. The van der Waals surface area contributed by atoms with Gasteiger partial charge in [0.1, 0.15) is 11.9 Å². The van der Waals surface area contributed by atoms with E-state index in [1.54, 1.807) is 0 Å². The number of benzene rings is 1. The maximum absolute atomic E-state index is 14.0. The lowest BCUT2D eigenvalue weighted by molar-refractivity contribution is -0.141. The van der Waals surface area contributed by atoms with Crippen LogP contribution < -0.4 is 0 Å².